The first-order chi connectivity index (χ1) is 9.13. The van der Waals surface area contributed by atoms with Gasteiger partial charge in [-0.15, -0.1) is 10.2 Å². The molecule has 0 aromatic carbocycles. The standard InChI is InChI=1S/C10H12N4O5/c15-1-3-6(16)7(17)8(19-3)5-4-9(14-13-5)11-2-12-10(4)18/h3,6-8,15-17H,1-2H2,(H,12,18)/t3-,6-,7-,8?/m1/s1. The molecule has 0 spiro atoms. The van der Waals surface area contributed by atoms with Gasteiger partial charge in [-0.2, -0.15) is 0 Å². The van der Waals surface area contributed by atoms with E-state index >= 15 is 0 Å². The van der Waals surface area contributed by atoms with E-state index in [-0.39, 0.29) is 23.8 Å². The average Bonchev–Trinajstić information content (AvgIpc) is 2.94. The fourth-order valence-electron chi connectivity index (χ4n) is 2.24. The van der Waals surface area contributed by atoms with E-state index in [4.69, 9.17) is 9.84 Å². The number of ether oxygens (including phenoxy) is 1. The number of aliphatic hydroxyl groups is 3. The molecule has 1 saturated heterocycles. The van der Waals surface area contributed by atoms with E-state index in [0.717, 1.165) is 0 Å². The Labute approximate surface area is 107 Å². The molecule has 3 aliphatic heterocycles. The highest BCUT2D eigenvalue weighted by Crippen LogP contribution is 2.32. The van der Waals surface area contributed by atoms with Crippen LogP contribution in [-0.4, -0.2) is 64.8 Å². The molecule has 9 nitrogen and oxygen atoms in total. The smallest absolute Gasteiger partial charge is 0.258 e. The van der Waals surface area contributed by atoms with E-state index in [1.54, 1.807) is 0 Å². The molecule has 0 radical (unpaired) electrons. The van der Waals surface area contributed by atoms with Crippen LogP contribution >= 0.6 is 0 Å². The molecule has 0 aromatic rings. The normalized spacial score (nSPS) is 37.4. The zero-order chi connectivity index (χ0) is 13.6. The molecule has 102 valence electrons. The summed E-state index contributed by atoms with van der Waals surface area (Å²) >= 11 is 0. The highest BCUT2D eigenvalue weighted by molar-refractivity contribution is 6.23. The minimum absolute atomic E-state index is 0.124. The van der Waals surface area contributed by atoms with Crippen molar-refractivity contribution in [3.63, 3.8) is 0 Å². The molecule has 0 aliphatic carbocycles. The van der Waals surface area contributed by atoms with Gasteiger partial charge >= 0.3 is 0 Å². The van der Waals surface area contributed by atoms with Crippen molar-refractivity contribution in [1.82, 2.24) is 5.32 Å². The molecule has 1 fully saturated rings. The number of carbonyl (C=O) groups is 1. The van der Waals surface area contributed by atoms with Gasteiger partial charge in [0, 0.05) is 0 Å². The summed E-state index contributed by atoms with van der Waals surface area (Å²) in [4.78, 5) is 15.7. The van der Waals surface area contributed by atoms with Crippen molar-refractivity contribution in [3.8, 4) is 0 Å². The number of fused-ring (bicyclic) bond motifs is 1. The highest BCUT2D eigenvalue weighted by Gasteiger charge is 2.47. The summed E-state index contributed by atoms with van der Waals surface area (Å²) in [6, 6.07) is 0. The minimum Gasteiger partial charge on any atom is -0.394 e. The molecular weight excluding hydrogens is 256 g/mol. The lowest BCUT2D eigenvalue weighted by Crippen LogP contribution is -2.36. The van der Waals surface area contributed by atoms with Crippen molar-refractivity contribution >= 4 is 11.7 Å². The topological polar surface area (TPSA) is 136 Å². The van der Waals surface area contributed by atoms with Crippen molar-refractivity contribution in [2.75, 3.05) is 13.3 Å². The van der Waals surface area contributed by atoms with Crippen LogP contribution in [0.2, 0.25) is 0 Å². The summed E-state index contributed by atoms with van der Waals surface area (Å²) in [5.41, 5.74) is 0.263. The third-order valence-corrected chi connectivity index (χ3v) is 3.24. The van der Waals surface area contributed by atoms with Gasteiger partial charge in [0.1, 0.15) is 42.4 Å². The van der Waals surface area contributed by atoms with Crippen molar-refractivity contribution < 1.29 is 24.9 Å². The van der Waals surface area contributed by atoms with Crippen LogP contribution in [0, 0.1) is 0 Å². The fraction of sp³-hybridized carbons (Fsp3) is 0.600. The van der Waals surface area contributed by atoms with Gasteiger partial charge in [0.05, 0.1) is 6.61 Å². The number of nitrogens with one attached hydrogen (secondary N) is 1. The third kappa shape index (κ3) is 1.78. The highest BCUT2D eigenvalue weighted by atomic mass is 16.6. The molecule has 3 rings (SSSR count). The lowest BCUT2D eigenvalue weighted by Gasteiger charge is -2.16. The number of nitrogens with zero attached hydrogens (tertiary/aromatic N) is 3. The Morgan fingerprint density at radius 3 is 2.79 bits per heavy atom. The molecule has 4 N–H and O–H groups in total. The van der Waals surface area contributed by atoms with Crippen LogP contribution in [0.5, 0.6) is 0 Å². The van der Waals surface area contributed by atoms with Crippen LogP contribution in [0.15, 0.2) is 26.5 Å². The Morgan fingerprint density at radius 1 is 1.32 bits per heavy atom. The van der Waals surface area contributed by atoms with Crippen LogP contribution in [-0.2, 0) is 9.53 Å². The predicted octanol–water partition coefficient (Wildman–Crippen LogP) is -2.33. The second-order valence-corrected chi connectivity index (χ2v) is 4.36. The summed E-state index contributed by atoms with van der Waals surface area (Å²) in [6.07, 6.45) is -4.46. The molecule has 1 unspecified atom stereocenters. The van der Waals surface area contributed by atoms with E-state index in [1.807, 2.05) is 0 Å². The number of amides is 1. The summed E-state index contributed by atoms with van der Waals surface area (Å²) in [5, 5.41) is 38.7. The molecular formula is C10H12N4O5. The number of hydrogen-bond donors (Lipinski definition) is 4. The number of amidine groups is 1. The van der Waals surface area contributed by atoms with E-state index in [1.165, 1.54) is 0 Å². The van der Waals surface area contributed by atoms with Crippen molar-refractivity contribution in [1.29, 1.82) is 0 Å². The van der Waals surface area contributed by atoms with Crippen LogP contribution < -0.4 is 5.32 Å². The molecule has 4 atom stereocenters. The Morgan fingerprint density at radius 2 is 2.11 bits per heavy atom. The first-order valence-corrected chi connectivity index (χ1v) is 5.75. The van der Waals surface area contributed by atoms with E-state index in [9.17, 15) is 15.0 Å². The molecule has 1 amide bonds. The minimum atomic E-state index is -1.28. The summed E-state index contributed by atoms with van der Waals surface area (Å²) in [6.45, 7) is -0.318. The Balaban J connectivity index is 1.97. The van der Waals surface area contributed by atoms with Crippen LogP contribution in [0.25, 0.3) is 0 Å². The zero-order valence-corrected chi connectivity index (χ0v) is 9.72. The monoisotopic (exact) mass is 268 g/mol. The largest absolute Gasteiger partial charge is 0.394 e. The van der Waals surface area contributed by atoms with Gasteiger partial charge in [-0.05, 0) is 0 Å². The van der Waals surface area contributed by atoms with Gasteiger partial charge in [0.2, 0.25) is 0 Å². The molecule has 19 heavy (non-hydrogen) atoms. The van der Waals surface area contributed by atoms with Gasteiger partial charge in [-0.3, -0.25) is 4.79 Å². The van der Waals surface area contributed by atoms with Gasteiger partial charge < -0.3 is 25.4 Å². The number of azo groups is 1. The first-order valence-electron chi connectivity index (χ1n) is 5.75. The van der Waals surface area contributed by atoms with Gasteiger partial charge in [-0.1, -0.05) is 0 Å². The Hall–Kier alpha value is -1.68. The maximum absolute atomic E-state index is 11.8. The second-order valence-electron chi connectivity index (χ2n) is 4.36. The lowest BCUT2D eigenvalue weighted by molar-refractivity contribution is -0.117. The molecule has 0 saturated carbocycles. The maximum Gasteiger partial charge on any atom is 0.258 e. The molecule has 3 aliphatic rings. The second kappa shape index (κ2) is 4.46. The predicted molar refractivity (Wildman–Crippen MR) is 60.1 cm³/mol. The number of hydrogen-bond acceptors (Lipinski definition) is 8. The Kier molecular flexibility index (Phi) is 2.90. The van der Waals surface area contributed by atoms with Gasteiger partial charge in [-0.25, -0.2) is 4.99 Å². The summed E-state index contributed by atoms with van der Waals surface area (Å²) < 4.78 is 5.32. The maximum atomic E-state index is 11.8. The third-order valence-electron chi connectivity index (χ3n) is 3.24. The van der Waals surface area contributed by atoms with Crippen molar-refractivity contribution in [2.45, 2.75) is 24.4 Å². The van der Waals surface area contributed by atoms with E-state index in [0.29, 0.717) is 0 Å². The fourth-order valence-corrected chi connectivity index (χ4v) is 2.24. The van der Waals surface area contributed by atoms with Crippen LogP contribution in [0.3, 0.4) is 0 Å². The van der Waals surface area contributed by atoms with E-state index < -0.39 is 36.9 Å². The number of aliphatic imine (C=N–C) groups is 1. The van der Waals surface area contributed by atoms with E-state index in [2.05, 4.69) is 20.5 Å². The van der Waals surface area contributed by atoms with Crippen molar-refractivity contribution in [2.24, 2.45) is 15.2 Å². The lowest BCUT2D eigenvalue weighted by atomic mass is 10.0. The van der Waals surface area contributed by atoms with Gasteiger partial charge in [0.25, 0.3) is 5.91 Å². The molecule has 0 bridgehead atoms. The summed E-state index contributed by atoms with van der Waals surface area (Å²) in [7, 11) is 0. The van der Waals surface area contributed by atoms with Gasteiger partial charge in [0.15, 0.2) is 5.84 Å². The molecule has 3 heterocycles. The first kappa shape index (κ1) is 12.4. The van der Waals surface area contributed by atoms with Crippen molar-refractivity contribution in [3.05, 3.63) is 11.3 Å². The number of rotatable bonds is 2. The Bertz CT molecular complexity index is 514. The van der Waals surface area contributed by atoms with Crippen LogP contribution in [0.1, 0.15) is 0 Å². The zero-order valence-electron chi connectivity index (χ0n) is 9.72. The van der Waals surface area contributed by atoms with Crippen LogP contribution in [0.4, 0.5) is 0 Å². The number of aliphatic hydroxyl groups excluding tert-OH is 3. The SMILES string of the molecule is O=C1NCN=C2N=NC(C3O[C@H](CO)[C@@H](O)[C@H]3O)=C12. The quantitative estimate of drug-likeness (QED) is 0.445. The number of carbonyl (C=O) groups excluding carboxylic acids is 1. The summed E-state index contributed by atoms with van der Waals surface area (Å²) in [5.74, 6) is -0.209. The average molecular weight is 268 g/mol. The molecule has 9 heteroatoms. The molecule has 0 aromatic heterocycles.